The van der Waals surface area contributed by atoms with Gasteiger partial charge in [0.05, 0.1) is 4.92 Å². The fourth-order valence-electron chi connectivity index (χ4n) is 2.01. The van der Waals surface area contributed by atoms with Crippen LogP contribution in [0.1, 0.15) is 22.3 Å². The zero-order chi connectivity index (χ0) is 13.8. The van der Waals surface area contributed by atoms with Crippen LogP contribution in [0, 0.1) is 24.0 Å². The maximum absolute atomic E-state index is 10.7. The van der Waals surface area contributed by atoms with E-state index in [1.165, 1.54) is 17.2 Å². The third-order valence-corrected chi connectivity index (χ3v) is 3.07. The van der Waals surface area contributed by atoms with Crippen molar-refractivity contribution in [1.82, 2.24) is 0 Å². The Bertz CT molecular complexity index is 625. The van der Waals surface area contributed by atoms with Crippen LogP contribution >= 0.6 is 0 Å². The number of nitrogens with zero attached hydrogens (tertiary/aromatic N) is 1. The lowest BCUT2D eigenvalue weighted by Gasteiger charge is -2.04. The highest BCUT2D eigenvalue weighted by Gasteiger charge is 2.04. The zero-order valence-corrected chi connectivity index (χ0v) is 11.0. The molecule has 3 nitrogen and oxygen atoms in total. The van der Waals surface area contributed by atoms with Crippen molar-refractivity contribution < 1.29 is 4.92 Å². The summed E-state index contributed by atoms with van der Waals surface area (Å²) in [5.74, 6) is 0. The summed E-state index contributed by atoms with van der Waals surface area (Å²) in [5.41, 5.74) is 4.50. The predicted octanol–water partition coefficient (Wildman–Crippen LogP) is 4.38. The van der Waals surface area contributed by atoms with E-state index in [1.54, 1.807) is 12.1 Å². The minimum absolute atomic E-state index is 0.114. The summed E-state index contributed by atoms with van der Waals surface area (Å²) in [4.78, 5) is 10.3. The average Bonchev–Trinajstić information content (AvgIpc) is 2.38. The Kier molecular flexibility index (Phi) is 3.76. The number of rotatable bonds is 3. The lowest BCUT2D eigenvalue weighted by Crippen LogP contribution is -1.88. The van der Waals surface area contributed by atoms with Crippen molar-refractivity contribution in [2.45, 2.75) is 13.8 Å². The Balaban J connectivity index is 2.33. The first-order chi connectivity index (χ1) is 9.08. The molecule has 0 aliphatic rings. The molecule has 0 atom stereocenters. The van der Waals surface area contributed by atoms with Crippen molar-refractivity contribution in [1.29, 1.82) is 0 Å². The molecule has 0 saturated carbocycles. The quantitative estimate of drug-likeness (QED) is 0.462. The Labute approximate surface area is 112 Å². The SMILES string of the molecule is Cc1cccc(C)c1C=Cc1cccc([N+](=O)[O-])c1. The van der Waals surface area contributed by atoms with Gasteiger partial charge in [0.1, 0.15) is 0 Å². The van der Waals surface area contributed by atoms with E-state index < -0.39 is 0 Å². The largest absolute Gasteiger partial charge is 0.270 e. The normalized spacial score (nSPS) is 10.8. The van der Waals surface area contributed by atoms with Crippen LogP contribution < -0.4 is 0 Å². The highest BCUT2D eigenvalue weighted by atomic mass is 16.6. The molecule has 2 aromatic rings. The monoisotopic (exact) mass is 253 g/mol. The van der Waals surface area contributed by atoms with Crippen molar-refractivity contribution in [3.8, 4) is 0 Å². The van der Waals surface area contributed by atoms with Gasteiger partial charge in [0.2, 0.25) is 0 Å². The van der Waals surface area contributed by atoms with Gasteiger partial charge in [-0.2, -0.15) is 0 Å². The van der Waals surface area contributed by atoms with Gasteiger partial charge in [0.25, 0.3) is 5.69 Å². The minimum atomic E-state index is -0.379. The lowest BCUT2D eigenvalue weighted by atomic mass is 10.0. The summed E-state index contributed by atoms with van der Waals surface area (Å²) in [7, 11) is 0. The Hall–Kier alpha value is -2.42. The molecule has 96 valence electrons. The van der Waals surface area contributed by atoms with Gasteiger partial charge in [-0.15, -0.1) is 0 Å². The predicted molar refractivity (Wildman–Crippen MR) is 77.9 cm³/mol. The molecule has 19 heavy (non-hydrogen) atoms. The number of non-ortho nitro benzene ring substituents is 1. The van der Waals surface area contributed by atoms with Crippen LogP contribution in [0.15, 0.2) is 42.5 Å². The van der Waals surface area contributed by atoms with Gasteiger partial charge in [0.15, 0.2) is 0 Å². The second kappa shape index (κ2) is 5.48. The van der Waals surface area contributed by atoms with Crippen LogP contribution in [-0.4, -0.2) is 4.92 Å². The van der Waals surface area contributed by atoms with Gasteiger partial charge in [-0.1, -0.05) is 42.5 Å². The Morgan fingerprint density at radius 2 is 1.63 bits per heavy atom. The van der Waals surface area contributed by atoms with Crippen LogP contribution in [0.3, 0.4) is 0 Å². The number of aryl methyl sites for hydroxylation is 2. The zero-order valence-electron chi connectivity index (χ0n) is 11.0. The number of benzene rings is 2. The first-order valence-electron chi connectivity index (χ1n) is 6.06. The highest BCUT2D eigenvalue weighted by Crippen LogP contribution is 2.19. The molecule has 0 fully saturated rings. The summed E-state index contributed by atoms with van der Waals surface area (Å²) < 4.78 is 0. The molecule has 0 amide bonds. The van der Waals surface area contributed by atoms with Crippen LogP contribution in [0.25, 0.3) is 12.2 Å². The van der Waals surface area contributed by atoms with Crippen molar-refractivity contribution in [2.75, 3.05) is 0 Å². The highest BCUT2D eigenvalue weighted by molar-refractivity contribution is 5.73. The molecule has 0 heterocycles. The lowest BCUT2D eigenvalue weighted by molar-refractivity contribution is -0.384. The van der Waals surface area contributed by atoms with E-state index in [1.807, 2.05) is 24.3 Å². The minimum Gasteiger partial charge on any atom is -0.258 e. The number of nitro benzene ring substituents is 1. The molecule has 0 spiro atoms. The maximum Gasteiger partial charge on any atom is 0.270 e. The third kappa shape index (κ3) is 3.07. The van der Waals surface area contributed by atoms with E-state index in [0.717, 1.165) is 11.1 Å². The summed E-state index contributed by atoms with van der Waals surface area (Å²) in [5, 5.41) is 10.7. The molecule has 0 radical (unpaired) electrons. The molecule has 0 N–H and O–H groups in total. The number of nitro groups is 1. The van der Waals surface area contributed by atoms with Gasteiger partial charge in [-0.3, -0.25) is 10.1 Å². The molecular formula is C16H15NO2. The van der Waals surface area contributed by atoms with Gasteiger partial charge in [-0.05, 0) is 36.1 Å². The molecule has 0 bridgehead atoms. The molecule has 2 rings (SSSR count). The van der Waals surface area contributed by atoms with E-state index in [-0.39, 0.29) is 10.6 Å². The molecule has 0 aromatic heterocycles. The van der Waals surface area contributed by atoms with Crippen LogP contribution in [0.4, 0.5) is 5.69 Å². The third-order valence-electron chi connectivity index (χ3n) is 3.07. The Morgan fingerprint density at radius 3 is 2.26 bits per heavy atom. The van der Waals surface area contributed by atoms with E-state index in [0.29, 0.717) is 0 Å². The van der Waals surface area contributed by atoms with E-state index in [2.05, 4.69) is 26.0 Å². The Morgan fingerprint density at radius 1 is 1.00 bits per heavy atom. The van der Waals surface area contributed by atoms with Gasteiger partial charge >= 0.3 is 0 Å². The molecule has 0 unspecified atom stereocenters. The van der Waals surface area contributed by atoms with E-state index >= 15 is 0 Å². The van der Waals surface area contributed by atoms with Gasteiger partial charge < -0.3 is 0 Å². The van der Waals surface area contributed by atoms with E-state index in [9.17, 15) is 10.1 Å². The molecule has 2 aromatic carbocycles. The molecule has 0 aliphatic heterocycles. The van der Waals surface area contributed by atoms with Crippen molar-refractivity contribution in [3.05, 3.63) is 74.8 Å². The smallest absolute Gasteiger partial charge is 0.258 e. The molecular weight excluding hydrogens is 238 g/mol. The summed E-state index contributed by atoms with van der Waals surface area (Å²) in [6.07, 6.45) is 3.91. The van der Waals surface area contributed by atoms with Gasteiger partial charge in [-0.25, -0.2) is 0 Å². The summed E-state index contributed by atoms with van der Waals surface area (Å²) in [6.45, 7) is 4.11. The van der Waals surface area contributed by atoms with Crippen molar-refractivity contribution in [2.24, 2.45) is 0 Å². The van der Waals surface area contributed by atoms with Crippen LogP contribution in [0.2, 0.25) is 0 Å². The number of hydrogen-bond donors (Lipinski definition) is 0. The van der Waals surface area contributed by atoms with E-state index in [4.69, 9.17) is 0 Å². The van der Waals surface area contributed by atoms with Crippen LogP contribution in [0.5, 0.6) is 0 Å². The summed E-state index contributed by atoms with van der Waals surface area (Å²) in [6, 6.07) is 12.8. The molecule has 3 heteroatoms. The van der Waals surface area contributed by atoms with Crippen molar-refractivity contribution in [3.63, 3.8) is 0 Å². The maximum atomic E-state index is 10.7. The molecule has 0 aliphatic carbocycles. The second-order valence-electron chi connectivity index (χ2n) is 4.49. The fourth-order valence-corrected chi connectivity index (χ4v) is 2.01. The first-order valence-corrected chi connectivity index (χ1v) is 6.06. The number of hydrogen-bond acceptors (Lipinski definition) is 2. The fraction of sp³-hybridized carbons (Fsp3) is 0.125. The standard InChI is InChI=1S/C16H15NO2/c1-12-5-3-6-13(2)16(12)10-9-14-7-4-8-15(11-14)17(18)19/h3-11H,1-2H3. The van der Waals surface area contributed by atoms with Gasteiger partial charge in [0, 0.05) is 12.1 Å². The topological polar surface area (TPSA) is 43.1 Å². The first kappa shape index (κ1) is 13.0. The summed E-state index contributed by atoms with van der Waals surface area (Å²) >= 11 is 0. The van der Waals surface area contributed by atoms with Crippen molar-refractivity contribution >= 4 is 17.8 Å². The van der Waals surface area contributed by atoms with Crippen LogP contribution in [-0.2, 0) is 0 Å². The molecule has 0 saturated heterocycles. The second-order valence-corrected chi connectivity index (χ2v) is 4.49. The average molecular weight is 253 g/mol.